The predicted molar refractivity (Wildman–Crippen MR) is 102 cm³/mol. The highest BCUT2D eigenvalue weighted by Crippen LogP contribution is 2.29. The summed E-state index contributed by atoms with van der Waals surface area (Å²) >= 11 is 0. The van der Waals surface area contributed by atoms with Crippen LogP contribution < -0.4 is 10.1 Å². The van der Waals surface area contributed by atoms with Gasteiger partial charge in [0.25, 0.3) is 0 Å². The number of rotatable bonds is 6. The van der Waals surface area contributed by atoms with Crippen molar-refractivity contribution >= 4 is 11.5 Å². The Hall–Kier alpha value is -3.52. The first-order valence-corrected chi connectivity index (χ1v) is 8.66. The Morgan fingerprint density at radius 2 is 2.04 bits per heavy atom. The van der Waals surface area contributed by atoms with Crippen LogP contribution in [-0.4, -0.2) is 31.8 Å². The van der Waals surface area contributed by atoms with Crippen molar-refractivity contribution < 1.29 is 14.2 Å². The number of hydrogen-bond donors (Lipinski definition) is 2. The van der Waals surface area contributed by atoms with Gasteiger partial charge in [0.15, 0.2) is 5.65 Å². The van der Waals surface area contributed by atoms with Gasteiger partial charge in [-0.3, -0.25) is 9.38 Å². The van der Waals surface area contributed by atoms with Crippen molar-refractivity contribution in [2.45, 2.75) is 13.2 Å². The molecule has 142 valence electrons. The number of anilines is 1. The summed E-state index contributed by atoms with van der Waals surface area (Å²) in [6.07, 6.45) is 3.21. The second kappa shape index (κ2) is 7.61. The Bertz CT molecular complexity index is 1130. The number of benzene rings is 1. The van der Waals surface area contributed by atoms with Crippen molar-refractivity contribution in [1.29, 1.82) is 0 Å². The lowest BCUT2D eigenvalue weighted by molar-refractivity contribution is 0.277. The third-order valence-electron chi connectivity index (χ3n) is 4.53. The zero-order valence-corrected chi connectivity index (χ0v) is 15.1. The number of ether oxygens (including phenoxy) is 1. The maximum atomic E-state index is 14.2. The van der Waals surface area contributed by atoms with Gasteiger partial charge in [-0.25, -0.2) is 4.39 Å². The molecule has 1 aromatic carbocycles. The van der Waals surface area contributed by atoms with E-state index in [0.29, 0.717) is 28.5 Å². The summed E-state index contributed by atoms with van der Waals surface area (Å²) in [5, 5.41) is 21.0. The quantitative estimate of drug-likeness (QED) is 0.536. The monoisotopic (exact) mass is 379 g/mol. The fraction of sp³-hybridized carbons (Fsp3) is 0.150. The number of nitrogens with one attached hydrogen (secondary N) is 1. The lowest BCUT2D eigenvalue weighted by Crippen LogP contribution is -2.07. The molecule has 2 N–H and O–H groups in total. The molecule has 4 rings (SSSR count). The summed E-state index contributed by atoms with van der Waals surface area (Å²) < 4.78 is 21.2. The zero-order chi connectivity index (χ0) is 19.5. The van der Waals surface area contributed by atoms with E-state index < -0.39 is 0 Å². The molecule has 3 heterocycles. The highest BCUT2D eigenvalue weighted by atomic mass is 19.1. The van der Waals surface area contributed by atoms with E-state index in [1.807, 2.05) is 18.2 Å². The number of hydrogen-bond acceptors (Lipinski definition) is 6. The molecule has 0 saturated heterocycles. The van der Waals surface area contributed by atoms with Gasteiger partial charge in [0, 0.05) is 29.4 Å². The maximum Gasteiger partial charge on any atom is 0.170 e. The van der Waals surface area contributed by atoms with E-state index in [2.05, 4.69) is 20.5 Å². The summed E-state index contributed by atoms with van der Waals surface area (Å²) in [6.45, 7) is 0.0564. The van der Waals surface area contributed by atoms with E-state index in [1.54, 1.807) is 35.1 Å². The largest absolute Gasteiger partial charge is 0.496 e. The van der Waals surface area contributed by atoms with Crippen molar-refractivity contribution in [1.82, 2.24) is 19.6 Å². The van der Waals surface area contributed by atoms with Crippen LogP contribution in [0.4, 0.5) is 10.2 Å². The fourth-order valence-corrected chi connectivity index (χ4v) is 3.16. The van der Waals surface area contributed by atoms with Gasteiger partial charge in [0.05, 0.1) is 19.4 Å². The Labute approximate surface area is 160 Å². The minimum absolute atomic E-state index is 0.177. The Balaban J connectivity index is 1.71. The van der Waals surface area contributed by atoms with Gasteiger partial charge in [0.1, 0.15) is 23.7 Å². The van der Waals surface area contributed by atoms with Gasteiger partial charge in [0.2, 0.25) is 0 Å². The van der Waals surface area contributed by atoms with E-state index in [1.165, 1.54) is 13.2 Å². The van der Waals surface area contributed by atoms with E-state index >= 15 is 0 Å². The van der Waals surface area contributed by atoms with Crippen LogP contribution in [0.3, 0.4) is 0 Å². The fourth-order valence-electron chi connectivity index (χ4n) is 3.16. The number of aliphatic hydroxyl groups is 1. The summed E-state index contributed by atoms with van der Waals surface area (Å²) in [5.41, 5.74) is 3.18. The molecule has 0 saturated carbocycles. The Morgan fingerprint density at radius 1 is 1.14 bits per heavy atom. The SMILES string of the molecule is COc1cccc(F)c1CNc1ccc(-c2cccnc2CO)c2nncn12. The van der Waals surface area contributed by atoms with Crippen molar-refractivity contribution in [2.75, 3.05) is 12.4 Å². The summed E-state index contributed by atoms with van der Waals surface area (Å²) in [7, 11) is 1.51. The molecule has 3 aromatic heterocycles. The molecule has 28 heavy (non-hydrogen) atoms. The molecule has 7 nitrogen and oxygen atoms in total. The van der Waals surface area contributed by atoms with Gasteiger partial charge in [-0.1, -0.05) is 12.1 Å². The van der Waals surface area contributed by atoms with Gasteiger partial charge in [-0.15, -0.1) is 10.2 Å². The molecule has 0 unspecified atom stereocenters. The molecule has 0 fully saturated rings. The second-order valence-corrected chi connectivity index (χ2v) is 6.09. The van der Waals surface area contributed by atoms with Crippen molar-refractivity contribution in [3.8, 4) is 16.9 Å². The van der Waals surface area contributed by atoms with Gasteiger partial charge < -0.3 is 15.2 Å². The van der Waals surface area contributed by atoms with Gasteiger partial charge in [-0.2, -0.15) is 0 Å². The van der Waals surface area contributed by atoms with Crippen molar-refractivity contribution in [3.63, 3.8) is 0 Å². The molecule has 0 bridgehead atoms. The topological polar surface area (TPSA) is 84.6 Å². The van der Waals surface area contributed by atoms with E-state index in [9.17, 15) is 9.50 Å². The number of methoxy groups -OCH3 is 1. The standard InChI is InChI=1S/C20H18FN5O2/c1-28-18-6-2-5-16(21)15(18)10-23-19-8-7-14(20-25-24-12-26(19)20)13-4-3-9-22-17(13)11-27/h2-9,12,23,27H,10-11H2,1H3. The van der Waals surface area contributed by atoms with Crippen LogP contribution in [0, 0.1) is 5.82 Å². The molecule has 4 aromatic rings. The van der Waals surface area contributed by atoms with Crippen LogP contribution in [0.15, 0.2) is 55.0 Å². The molecule has 0 radical (unpaired) electrons. The number of pyridine rings is 2. The molecule has 0 amide bonds. The average molecular weight is 379 g/mol. The highest BCUT2D eigenvalue weighted by Gasteiger charge is 2.14. The number of nitrogens with zero attached hydrogens (tertiary/aromatic N) is 4. The van der Waals surface area contributed by atoms with Crippen LogP contribution in [0.1, 0.15) is 11.3 Å². The lowest BCUT2D eigenvalue weighted by Gasteiger charge is -2.14. The Kier molecular flexibility index (Phi) is 4.86. The molecule has 0 aliphatic rings. The van der Waals surface area contributed by atoms with Crippen molar-refractivity contribution in [3.05, 3.63) is 72.1 Å². The first kappa shape index (κ1) is 17.9. The van der Waals surface area contributed by atoms with Gasteiger partial charge in [-0.05, 0) is 30.3 Å². The van der Waals surface area contributed by atoms with Crippen LogP contribution >= 0.6 is 0 Å². The summed E-state index contributed by atoms with van der Waals surface area (Å²) in [6, 6.07) is 12.1. The minimum Gasteiger partial charge on any atom is -0.496 e. The summed E-state index contributed by atoms with van der Waals surface area (Å²) in [4.78, 5) is 4.21. The number of aliphatic hydroxyl groups excluding tert-OH is 1. The van der Waals surface area contributed by atoms with E-state index in [0.717, 1.165) is 11.1 Å². The van der Waals surface area contributed by atoms with Crippen LogP contribution in [-0.2, 0) is 13.2 Å². The number of aromatic nitrogens is 4. The Morgan fingerprint density at radius 3 is 2.86 bits per heavy atom. The summed E-state index contributed by atoms with van der Waals surface area (Å²) in [5.74, 6) is 0.835. The molecule has 0 atom stereocenters. The normalized spacial score (nSPS) is 11.0. The third-order valence-corrected chi connectivity index (χ3v) is 4.53. The van der Waals surface area contributed by atoms with E-state index in [4.69, 9.17) is 4.74 Å². The third kappa shape index (κ3) is 3.14. The second-order valence-electron chi connectivity index (χ2n) is 6.09. The number of halogens is 1. The van der Waals surface area contributed by atoms with Gasteiger partial charge >= 0.3 is 0 Å². The smallest absolute Gasteiger partial charge is 0.170 e. The molecule has 8 heteroatoms. The molecular formula is C20H18FN5O2. The van der Waals surface area contributed by atoms with Crippen LogP contribution in [0.5, 0.6) is 5.75 Å². The molecular weight excluding hydrogens is 361 g/mol. The molecule has 0 aliphatic carbocycles. The lowest BCUT2D eigenvalue weighted by atomic mass is 10.1. The first-order chi connectivity index (χ1) is 13.7. The highest BCUT2D eigenvalue weighted by molar-refractivity contribution is 5.80. The maximum absolute atomic E-state index is 14.2. The molecule has 0 spiro atoms. The van der Waals surface area contributed by atoms with Crippen LogP contribution in [0.25, 0.3) is 16.8 Å². The predicted octanol–water partition coefficient (Wildman–Crippen LogP) is 3.04. The zero-order valence-electron chi connectivity index (χ0n) is 15.1. The average Bonchev–Trinajstić information content (AvgIpc) is 3.22. The first-order valence-electron chi connectivity index (χ1n) is 8.66. The van der Waals surface area contributed by atoms with E-state index in [-0.39, 0.29) is 19.0 Å². The van der Waals surface area contributed by atoms with Crippen molar-refractivity contribution in [2.24, 2.45) is 0 Å². The van der Waals surface area contributed by atoms with Crippen LogP contribution in [0.2, 0.25) is 0 Å². The molecule has 0 aliphatic heterocycles. The minimum atomic E-state index is -0.341. The number of fused-ring (bicyclic) bond motifs is 1.